The Morgan fingerprint density at radius 2 is 1.77 bits per heavy atom. The van der Waals surface area contributed by atoms with Crippen molar-refractivity contribution >= 4 is 31.9 Å². The summed E-state index contributed by atoms with van der Waals surface area (Å²) in [7, 11) is -4.42. The van der Waals surface area contributed by atoms with Crippen LogP contribution in [0.1, 0.15) is 10.4 Å². The predicted octanol–water partition coefficient (Wildman–Crippen LogP) is -1.56. The van der Waals surface area contributed by atoms with Gasteiger partial charge in [-0.05, 0) is 18.2 Å². The van der Waals surface area contributed by atoms with E-state index in [2.05, 4.69) is 10.6 Å². The average molecular weight is 463 g/mol. The minimum atomic E-state index is -3.69. The molecule has 2 rings (SSSR count). The van der Waals surface area contributed by atoms with Crippen LogP contribution < -0.4 is 10.6 Å². The Hall–Kier alpha value is -2.06. The third-order valence-corrected chi connectivity index (χ3v) is 8.01. The van der Waals surface area contributed by atoms with Crippen molar-refractivity contribution in [3.63, 3.8) is 0 Å². The second-order valence-electron chi connectivity index (χ2n) is 6.68. The van der Waals surface area contributed by atoms with E-state index < -0.39 is 31.9 Å². The SMILES string of the molecule is CN(C)S(=O)(=O)c1cccc(C(=O)NCC(=O)NCCS(=O)(=O)N2CCOCC2)c1. The fourth-order valence-electron chi connectivity index (χ4n) is 2.61. The van der Waals surface area contributed by atoms with Crippen molar-refractivity contribution in [3.8, 4) is 0 Å². The van der Waals surface area contributed by atoms with Crippen LogP contribution in [0, 0.1) is 0 Å². The molecule has 0 atom stereocenters. The predicted molar refractivity (Wildman–Crippen MR) is 109 cm³/mol. The largest absolute Gasteiger partial charge is 0.379 e. The lowest BCUT2D eigenvalue weighted by molar-refractivity contribution is -0.120. The molecule has 2 N–H and O–H groups in total. The lowest BCUT2D eigenvalue weighted by Gasteiger charge is -2.26. The Bertz CT molecular complexity index is 972. The first-order chi connectivity index (χ1) is 14.0. The Morgan fingerprint density at radius 3 is 2.40 bits per heavy atom. The summed E-state index contributed by atoms with van der Waals surface area (Å²) in [4.78, 5) is 24.1. The molecule has 1 fully saturated rings. The maximum Gasteiger partial charge on any atom is 0.251 e. The van der Waals surface area contributed by atoms with Crippen LogP contribution in [0.3, 0.4) is 0 Å². The second kappa shape index (κ2) is 10.3. The normalized spacial score (nSPS) is 15.7. The van der Waals surface area contributed by atoms with Gasteiger partial charge in [-0.15, -0.1) is 0 Å². The summed E-state index contributed by atoms with van der Waals surface area (Å²) in [5.74, 6) is -1.43. The van der Waals surface area contributed by atoms with Gasteiger partial charge >= 0.3 is 0 Å². The Balaban J connectivity index is 1.83. The monoisotopic (exact) mass is 462 g/mol. The number of nitrogens with zero attached hydrogens (tertiary/aromatic N) is 2. The van der Waals surface area contributed by atoms with Crippen LogP contribution in [0.2, 0.25) is 0 Å². The maximum absolute atomic E-state index is 12.2. The summed E-state index contributed by atoms with van der Waals surface area (Å²) in [5, 5.41) is 4.82. The number of rotatable bonds is 9. The molecule has 1 aliphatic rings. The summed E-state index contributed by atoms with van der Waals surface area (Å²) >= 11 is 0. The van der Waals surface area contributed by atoms with Crippen LogP contribution in [-0.4, -0.2) is 96.5 Å². The number of amides is 2. The highest BCUT2D eigenvalue weighted by atomic mass is 32.2. The van der Waals surface area contributed by atoms with Gasteiger partial charge in [-0.3, -0.25) is 9.59 Å². The fourth-order valence-corrected chi connectivity index (χ4v) is 4.88. The van der Waals surface area contributed by atoms with E-state index in [1.807, 2.05) is 0 Å². The van der Waals surface area contributed by atoms with Crippen LogP contribution in [0.15, 0.2) is 29.2 Å². The molecule has 1 aromatic rings. The molecule has 0 radical (unpaired) electrons. The number of hydrogen-bond acceptors (Lipinski definition) is 7. The minimum Gasteiger partial charge on any atom is -0.379 e. The van der Waals surface area contributed by atoms with Crippen LogP contribution in [0.4, 0.5) is 0 Å². The molecule has 11 nitrogen and oxygen atoms in total. The summed E-state index contributed by atoms with van der Waals surface area (Å²) in [6, 6.07) is 5.45. The molecular weight excluding hydrogens is 436 g/mol. The number of hydrogen-bond donors (Lipinski definition) is 2. The number of carbonyl (C=O) groups excluding carboxylic acids is 2. The molecule has 1 aromatic carbocycles. The number of morpholine rings is 1. The molecule has 1 saturated heterocycles. The first-order valence-corrected chi connectivity index (χ1v) is 12.2. The third kappa shape index (κ3) is 6.47. The van der Waals surface area contributed by atoms with Gasteiger partial charge in [0.1, 0.15) is 0 Å². The van der Waals surface area contributed by atoms with Crippen molar-refractivity contribution in [3.05, 3.63) is 29.8 Å². The van der Waals surface area contributed by atoms with Crippen LogP contribution in [-0.2, 0) is 29.6 Å². The van der Waals surface area contributed by atoms with Gasteiger partial charge in [-0.25, -0.2) is 21.1 Å². The summed E-state index contributed by atoms with van der Waals surface area (Å²) < 4.78 is 56.1. The van der Waals surface area contributed by atoms with Crippen molar-refractivity contribution in [2.45, 2.75) is 4.90 Å². The third-order valence-electron chi connectivity index (χ3n) is 4.33. The van der Waals surface area contributed by atoms with Gasteiger partial charge in [0, 0.05) is 39.3 Å². The quantitative estimate of drug-likeness (QED) is 0.452. The van der Waals surface area contributed by atoms with E-state index in [4.69, 9.17) is 4.74 Å². The number of ether oxygens (including phenoxy) is 1. The van der Waals surface area contributed by atoms with E-state index in [0.29, 0.717) is 13.2 Å². The smallest absolute Gasteiger partial charge is 0.251 e. The maximum atomic E-state index is 12.2. The lowest BCUT2D eigenvalue weighted by Crippen LogP contribution is -2.44. The molecule has 2 amide bonds. The molecule has 0 aliphatic carbocycles. The van der Waals surface area contributed by atoms with Crippen LogP contribution in [0.5, 0.6) is 0 Å². The van der Waals surface area contributed by atoms with Crippen LogP contribution in [0.25, 0.3) is 0 Å². The van der Waals surface area contributed by atoms with Crippen molar-refractivity contribution < 1.29 is 31.2 Å². The molecule has 1 heterocycles. The van der Waals surface area contributed by atoms with Crippen molar-refractivity contribution in [2.75, 3.05) is 59.2 Å². The molecule has 30 heavy (non-hydrogen) atoms. The molecule has 0 unspecified atom stereocenters. The second-order valence-corrected chi connectivity index (χ2v) is 10.9. The molecule has 0 aromatic heterocycles. The minimum absolute atomic E-state index is 0.0436. The van der Waals surface area contributed by atoms with Gasteiger partial charge in [0.2, 0.25) is 26.0 Å². The topological polar surface area (TPSA) is 142 Å². The van der Waals surface area contributed by atoms with Crippen molar-refractivity contribution in [1.82, 2.24) is 19.2 Å². The number of benzene rings is 1. The van der Waals surface area contributed by atoms with Gasteiger partial charge in [0.25, 0.3) is 5.91 Å². The Morgan fingerprint density at radius 1 is 1.10 bits per heavy atom. The molecule has 13 heteroatoms. The van der Waals surface area contributed by atoms with Gasteiger partial charge in [0.05, 0.1) is 30.4 Å². The van der Waals surface area contributed by atoms with E-state index in [9.17, 15) is 26.4 Å². The fraction of sp³-hybridized carbons (Fsp3) is 0.529. The van der Waals surface area contributed by atoms with E-state index in [0.717, 1.165) is 4.31 Å². The molecule has 0 spiro atoms. The van der Waals surface area contributed by atoms with Crippen LogP contribution >= 0.6 is 0 Å². The van der Waals surface area contributed by atoms with E-state index in [-0.39, 0.29) is 42.4 Å². The average Bonchev–Trinajstić information content (AvgIpc) is 2.72. The van der Waals surface area contributed by atoms with Gasteiger partial charge < -0.3 is 15.4 Å². The first kappa shape index (κ1) is 24.2. The molecule has 0 saturated carbocycles. The van der Waals surface area contributed by atoms with E-state index >= 15 is 0 Å². The van der Waals surface area contributed by atoms with Crippen molar-refractivity contribution in [1.29, 1.82) is 0 Å². The number of nitrogens with one attached hydrogen (secondary N) is 2. The summed E-state index contributed by atoms with van der Waals surface area (Å²) in [6.07, 6.45) is 0. The van der Waals surface area contributed by atoms with Gasteiger partial charge in [-0.1, -0.05) is 6.07 Å². The van der Waals surface area contributed by atoms with Crippen molar-refractivity contribution in [2.24, 2.45) is 0 Å². The zero-order valence-electron chi connectivity index (χ0n) is 16.8. The first-order valence-electron chi connectivity index (χ1n) is 9.17. The van der Waals surface area contributed by atoms with Gasteiger partial charge in [-0.2, -0.15) is 4.31 Å². The summed E-state index contributed by atoms with van der Waals surface area (Å²) in [5.41, 5.74) is 0.0839. The zero-order valence-corrected chi connectivity index (χ0v) is 18.5. The lowest BCUT2D eigenvalue weighted by atomic mass is 10.2. The van der Waals surface area contributed by atoms with E-state index in [1.54, 1.807) is 0 Å². The number of carbonyl (C=O) groups is 2. The zero-order chi connectivity index (χ0) is 22.4. The Labute approximate surface area is 176 Å². The summed E-state index contributed by atoms with van der Waals surface area (Å²) in [6.45, 7) is 0.791. The molecule has 0 bridgehead atoms. The highest BCUT2D eigenvalue weighted by Gasteiger charge is 2.24. The van der Waals surface area contributed by atoms with Gasteiger partial charge in [0.15, 0.2) is 0 Å². The van der Waals surface area contributed by atoms with E-state index in [1.165, 1.54) is 42.7 Å². The molecule has 1 aliphatic heterocycles. The molecule has 168 valence electrons. The standard InChI is InChI=1S/C17H26N4O7S2/c1-20(2)30(26,27)15-5-3-4-14(12-15)17(23)19-13-16(22)18-6-11-29(24,25)21-7-9-28-10-8-21/h3-5,12H,6-11,13H2,1-2H3,(H,18,22)(H,19,23). The Kier molecular flexibility index (Phi) is 8.32. The highest BCUT2D eigenvalue weighted by molar-refractivity contribution is 7.89. The highest BCUT2D eigenvalue weighted by Crippen LogP contribution is 2.14. The number of sulfonamides is 2. The molecular formula is C17H26N4O7S2.